The fourth-order valence-corrected chi connectivity index (χ4v) is 2.13. The van der Waals surface area contributed by atoms with Gasteiger partial charge in [0.2, 0.25) is 0 Å². The van der Waals surface area contributed by atoms with Crippen molar-refractivity contribution in [2.45, 2.75) is 4.90 Å². The van der Waals surface area contributed by atoms with Crippen LogP contribution in [0.1, 0.15) is 0 Å². The first-order valence-corrected chi connectivity index (χ1v) is 5.85. The van der Waals surface area contributed by atoms with Crippen LogP contribution in [-0.2, 0) is 4.79 Å². The Bertz CT molecular complexity index is 342. The van der Waals surface area contributed by atoms with E-state index in [0.717, 1.165) is 10.6 Å². The van der Waals surface area contributed by atoms with Crippen LogP contribution in [0.3, 0.4) is 0 Å². The van der Waals surface area contributed by atoms with Gasteiger partial charge in [-0.15, -0.1) is 11.8 Å². The number of nitrogens with zero attached hydrogens (tertiary/aromatic N) is 1. The Hall–Kier alpha value is -1.07. The molecule has 0 saturated carbocycles. The Morgan fingerprint density at radius 2 is 2.06 bits per heavy atom. The van der Waals surface area contributed by atoms with Crippen LogP contribution in [0.15, 0.2) is 29.2 Å². The van der Waals surface area contributed by atoms with E-state index in [1.165, 1.54) is 12.1 Å². The van der Waals surface area contributed by atoms with Crippen LogP contribution in [-0.4, -0.2) is 41.9 Å². The number of thioether (sulfide) groups is 1. The van der Waals surface area contributed by atoms with Crippen molar-refractivity contribution in [1.29, 1.82) is 0 Å². The van der Waals surface area contributed by atoms with E-state index in [9.17, 15) is 9.18 Å². The molecule has 1 rings (SSSR count). The molecule has 0 bridgehead atoms. The molecule has 0 fully saturated rings. The Balaban J connectivity index is 2.25. The lowest BCUT2D eigenvalue weighted by Gasteiger charge is -2.12. The Labute approximate surface area is 98.3 Å². The first-order valence-electron chi connectivity index (χ1n) is 4.86. The molecular weight excluding hydrogens is 229 g/mol. The lowest BCUT2D eigenvalue weighted by atomic mass is 10.4. The number of halogens is 1. The number of benzene rings is 1. The molecule has 0 amide bonds. The zero-order chi connectivity index (χ0) is 12.0. The molecule has 5 heteroatoms. The van der Waals surface area contributed by atoms with Gasteiger partial charge in [-0.1, -0.05) is 0 Å². The number of aliphatic carboxylic acids is 1. The van der Waals surface area contributed by atoms with Crippen LogP contribution in [0.25, 0.3) is 0 Å². The second-order valence-electron chi connectivity index (χ2n) is 3.43. The third kappa shape index (κ3) is 5.14. The standard InChI is InChI=1S/C11H14FNO2S/c1-13(8-11(14)15)6-7-16-10-4-2-9(12)3-5-10/h2-5H,6-8H2,1H3,(H,14,15). The molecule has 0 radical (unpaired) electrons. The summed E-state index contributed by atoms with van der Waals surface area (Å²) < 4.78 is 12.6. The van der Waals surface area contributed by atoms with Crippen molar-refractivity contribution < 1.29 is 14.3 Å². The molecule has 1 aromatic carbocycles. The molecule has 0 aliphatic heterocycles. The normalized spacial score (nSPS) is 10.7. The predicted octanol–water partition coefficient (Wildman–Crippen LogP) is 1.93. The minimum Gasteiger partial charge on any atom is -0.480 e. The maximum Gasteiger partial charge on any atom is 0.317 e. The summed E-state index contributed by atoms with van der Waals surface area (Å²) >= 11 is 1.58. The van der Waals surface area contributed by atoms with E-state index in [4.69, 9.17) is 5.11 Å². The monoisotopic (exact) mass is 243 g/mol. The van der Waals surface area contributed by atoms with E-state index >= 15 is 0 Å². The third-order valence-electron chi connectivity index (χ3n) is 1.96. The molecule has 1 aromatic rings. The minimum atomic E-state index is -0.825. The summed E-state index contributed by atoms with van der Waals surface area (Å²) in [6.07, 6.45) is 0. The Kier molecular flexibility index (Phi) is 5.28. The van der Waals surface area contributed by atoms with Crippen LogP contribution in [0.2, 0.25) is 0 Å². The highest BCUT2D eigenvalue weighted by atomic mass is 32.2. The second kappa shape index (κ2) is 6.50. The average Bonchev–Trinajstić information content (AvgIpc) is 2.20. The van der Waals surface area contributed by atoms with Gasteiger partial charge in [0.15, 0.2) is 0 Å². The van der Waals surface area contributed by atoms with Gasteiger partial charge in [-0.05, 0) is 31.3 Å². The van der Waals surface area contributed by atoms with E-state index < -0.39 is 5.97 Å². The van der Waals surface area contributed by atoms with Crippen LogP contribution < -0.4 is 0 Å². The number of rotatable bonds is 6. The van der Waals surface area contributed by atoms with Gasteiger partial charge in [-0.25, -0.2) is 4.39 Å². The van der Waals surface area contributed by atoms with Crippen molar-refractivity contribution >= 4 is 17.7 Å². The number of likely N-dealkylation sites (N-methyl/N-ethyl adjacent to an activating group) is 1. The summed E-state index contributed by atoms with van der Waals surface area (Å²) in [6, 6.07) is 6.28. The summed E-state index contributed by atoms with van der Waals surface area (Å²) in [4.78, 5) is 13.1. The fourth-order valence-electron chi connectivity index (χ4n) is 1.16. The number of carboxylic acids is 1. The predicted molar refractivity (Wildman–Crippen MR) is 62.3 cm³/mol. The van der Waals surface area contributed by atoms with Gasteiger partial charge in [0.05, 0.1) is 6.54 Å². The Morgan fingerprint density at radius 1 is 1.44 bits per heavy atom. The number of hydrogen-bond donors (Lipinski definition) is 1. The van der Waals surface area contributed by atoms with Gasteiger partial charge in [0.1, 0.15) is 5.82 Å². The summed E-state index contributed by atoms with van der Waals surface area (Å²) in [5.41, 5.74) is 0. The van der Waals surface area contributed by atoms with Gasteiger partial charge in [0.25, 0.3) is 0 Å². The summed E-state index contributed by atoms with van der Waals surface area (Å²) in [5, 5.41) is 8.54. The summed E-state index contributed by atoms with van der Waals surface area (Å²) in [6.45, 7) is 0.734. The molecule has 0 heterocycles. The van der Waals surface area contributed by atoms with Crippen molar-refractivity contribution in [2.75, 3.05) is 25.9 Å². The molecule has 1 N–H and O–H groups in total. The smallest absolute Gasteiger partial charge is 0.317 e. The van der Waals surface area contributed by atoms with E-state index in [1.54, 1.807) is 35.8 Å². The second-order valence-corrected chi connectivity index (χ2v) is 4.60. The van der Waals surface area contributed by atoms with Crippen LogP contribution in [0, 0.1) is 5.82 Å². The van der Waals surface area contributed by atoms with Crippen molar-refractivity contribution in [3.05, 3.63) is 30.1 Å². The molecule has 0 saturated heterocycles. The zero-order valence-electron chi connectivity index (χ0n) is 9.02. The van der Waals surface area contributed by atoms with Crippen LogP contribution >= 0.6 is 11.8 Å². The van der Waals surface area contributed by atoms with Gasteiger partial charge in [-0.2, -0.15) is 0 Å². The first-order chi connectivity index (χ1) is 7.58. The lowest BCUT2D eigenvalue weighted by molar-refractivity contribution is -0.137. The quantitative estimate of drug-likeness (QED) is 0.775. The number of carboxylic acid groups (broad SMARTS) is 1. The molecule has 0 aliphatic rings. The zero-order valence-corrected chi connectivity index (χ0v) is 9.84. The first kappa shape index (κ1) is 13.0. The molecule has 0 aromatic heterocycles. The average molecular weight is 243 g/mol. The maximum atomic E-state index is 12.6. The number of carbonyl (C=O) groups is 1. The summed E-state index contributed by atoms with van der Waals surface area (Å²) in [5.74, 6) is -0.281. The highest BCUT2D eigenvalue weighted by Crippen LogP contribution is 2.17. The SMILES string of the molecule is CN(CCSc1ccc(F)cc1)CC(=O)O. The molecule has 16 heavy (non-hydrogen) atoms. The van der Waals surface area contributed by atoms with Gasteiger partial charge < -0.3 is 5.11 Å². The number of hydrogen-bond acceptors (Lipinski definition) is 3. The molecule has 88 valence electrons. The molecule has 0 aliphatic carbocycles. The minimum absolute atomic E-state index is 0.0456. The highest BCUT2D eigenvalue weighted by Gasteiger charge is 2.03. The largest absolute Gasteiger partial charge is 0.480 e. The highest BCUT2D eigenvalue weighted by molar-refractivity contribution is 7.99. The van der Waals surface area contributed by atoms with Crippen LogP contribution in [0.5, 0.6) is 0 Å². The van der Waals surface area contributed by atoms with Crippen molar-refractivity contribution in [3.8, 4) is 0 Å². The van der Waals surface area contributed by atoms with Crippen molar-refractivity contribution in [1.82, 2.24) is 4.90 Å². The van der Waals surface area contributed by atoms with Crippen molar-refractivity contribution in [3.63, 3.8) is 0 Å². The van der Waals surface area contributed by atoms with E-state index in [1.807, 2.05) is 0 Å². The molecule has 0 unspecified atom stereocenters. The van der Waals surface area contributed by atoms with Crippen LogP contribution in [0.4, 0.5) is 4.39 Å². The topological polar surface area (TPSA) is 40.5 Å². The Morgan fingerprint density at radius 3 is 2.62 bits per heavy atom. The van der Waals surface area contributed by atoms with Crippen molar-refractivity contribution in [2.24, 2.45) is 0 Å². The fraction of sp³-hybridized carbons (Fsp3) is 0.364. The van der Waals surface area contributed by atoms with E-state index in [2.05, 4.69) is 0 Å². The summed E-state index contributed by atoms with van der Waals surface area (Å²) in [7, 11) is 1.76. The van der Waals surface area contributed by atoms with E-state index in [-0.39, 0.29) is 12.4 Å². The molecule has 0 spiro atoms. The van der Waals surface area contributed by atoms with Gasteiger partial charge in [0, 0.05) is 17.2 Å². The lowest BCUT2D eigenvalue weighted by Crippen LogP contribution is -2.27. The molecule has 0 atom stereocenters. The molecular formula is C11H14FNO2S. The van der Waals surface area contributed by atoms with Gasteiger partial charge >= 0.3 is 5.97 Å². The molecule has 3 nitrogen and oxygen atoms in total. The van der Waals surface area contributed by atoms with E-state index in [0.29, 0.717) is 6.54 Å². The maximum absolute atomic E-state index is 12.6. The third-order valence-corrected chi connectivity index (χ3v) is 2.95. The van der Waals surface area contributed by atoms with Gasteiger partial charge in [-0.3, -0.25) is 9.69 Å².